The molecular weight excluding hydrogens is 366 g/mol. The van der Waals surface area contributed by atoms with Crippen molar-refractivity contribution in [3.63, 3.8) is 0 Å². The molecule has 28 heavy (non-hydrogen) atoms. The van der Waals surface area contributed by atoms with Gasteiger partial charge < -0.3 is 19.9 Å². The van der Waals surface area contributed by atoms with Gasteiger partial charge in [-0.25, -0.2) is 9.59 Å². The van der Waals surface area contributed by atoms with Crippen LogP contribution in [0.15, 0.2) is 30.4 Å². The maximum Gasteiger partial charge on any atom is 0.338 e. The number of hydrogen-bond donors (Lipinski definition) is 2. The maximum absolute atomic E-state index is 12.7. The molecule has 2 atom stereocenters. The Morgan fingerprint density at radius 1 is 0.929 bits per heavy atom. The number of esters is 2. The fourth-order valence-corrected chi connectivity index (χ4v) is 2.98. The summed E-state index contributed by atoms with van der Waals surface area (Å²) in [6.45, 7) is 3.61. The molecule has 0 aliphatic heterocycles. The minimum absolute atomic E-state index is 0.0843. The van der Waals surface area contributed by atoms with E-state index in [1.165, 1.54) is 18.2 Å². The molecule has 0 bridgehead atoms. The van der Waals surface area contributed by atoms with Crippen LogP contribution in [0.1, 0.15) is 47.4 Å². The number of rotatable bonds is 7. The van der Waals surface area contributed by atoms with Crippen LogP contribution < -0.4 is 5.32 Å². The first-order valence-corrected chi connectivity index (χ1v) is 9.05. The number of amides is 1. The number of aliphatic carboxylic acids is 1. The van der Waals surface area contributed by atoms with Crippen molar-refractivity contribution in [2.24, 2.45) is 11.8 Å². The third-order valence-electron chi connectivity index (χ3n) is 4.31. The fraction of sp³-hybridized carbons (Fsp3) is 0.400. The molecule has 0 spiro atoms. The molecule has 0 heterocycles. The quantitative estimate of drug-likeness (QED) is 0.543. The van der Waals surface area contributed by atoms with Crippen LogP contribution in [-0.2, 0) is 19.1 Å². The predicted molar refractivity (Wildman–Crippen MR) is 100.0 cm³/mol. The predicted octanol–water partition coefficient (Wildman–Crippen LogP) is 2.65. The SMILES string of the molecule is CCOC(=O)c1cc(NC(=O)[C@@H]2CC=CC[C@H]2C(=O)O)cc(C(=O)OCC)c1. The summed E-state index contributed by atoms with van der Waals surface area (Å²) >= 11 is 0. The largest absolute Gasteiger partial charge is 0.481 e. The van der Waals surface area contributed by atoms with E-state index >= 15 is 0 Å². The molecule has 0 radical (unpaired) electrons. The van der Waals surface area contributed by atoms with Gasteiger partial charge in [-0.05, 0) is 44.9 Å². The third-order valence-corrected chi connectivity index (χ3v) is 4.31. The van der Waals surface area contributed by atoms with Crippen molar-refractivity contribution in [1.82, 2.24) is 0 Å². The van der Waals surface area contributed by atoms with Crippen molar-refractivity contribution in [2.75, 3.05) is 18.5 Å². The number of carbonyl (C=O) groups is 4. The van der Waals surface area contributed by atoms with E-state index in [9.17, 15) is 24.3 Å². The fourth-order valence-electron chi connectivity index (χ4n) is 2.98. The number of allylic oxidation sites excluding steroid dienone is 2. The topological polar surface area (TPSA) is 119 Å². The van der Waals surface area contributed by atoms with Gasteiger partial charge in [-0.15, -0.1) is 0 Å². The lowest BCUT2D eigenvalue weighted by molar-refractivity contribution is -0.146. The molecule has 150 valence electrons. The Balaban J connectivity index is 2.31. The standard InChI is InChI=1S/C20H23NO7/c1-3-27-19(25)12-9-13(20(26)28-4-2)11-14(10-12)21-17(22)15-7-5-6-8-16(15)18(23)24/h5-6,9-11,15-16H,3-4,7-8H2,1-2H3,(H,21,22)(H,23,24)/t15-,16-/m1/s1. The summed E-state index contributed by atoms with van der Waals surface area (Å²) < 4.78 is 9.91. The van der Waals surface area contributed by atoms with Crippen LogP contribution in [0.25, 0.3) is 0 Å². The Labute approximate surface area is 162 Å². The summed E-state index contributed by atoms with van der Waals surface area (Å²) in [5.74, 6) is -4.41. The summed E-state index contributed by atoms with van der Waals surface area (Å²) in [7, 11) is 0. The number of carboxylic acids is 1. The molecule has 0 unspecified atom stereocenters. The minimum Gasteiger partial charge on any atom is -0.481 e. The summed E-state index contributed by atoms with van der Waals surface area (Å²) in [6.07, 6.45) is 4.07. The third kappa shape index (κ3) is 5.18. The first-order chi connectivity index (χ1) is 13.4. The smallest absolute Gasteiger partial charge is 0.338 e. The monoisotopic (exact) mass is 389 g/mol. The maximum atomic E-state index is 12.7. The second kappa shape index (κ2) is 9.68. The number of benzene rings is 1. The highest BCUT2D eigenvalue weighted by Gasteiger charge is 2.34. The van der Waals surface area contributed by atoms with Crippen molar-refractivity contribution in [1.29, 1.82) is 0 Å². The van der Waals surface area contributed by atoms with E-state index in [1.54, 1.807) is 26.0 Å². The molecule has 1 aliphatic rings. The molecular formula is C20H23NO7. The zero-order valence-electron chi connectivity index (χ0n) is 15.8. The number of carbonyl (C=O) groups excluding carboxylic acids is 3. The lowest BCUT2D eigenvalue weighted by atomic mass is 9.82. The second-order valence-electron chi connectivity index (χ2n) is 6.22. The molecule has 1 aliphatic carbocycles. The Morgan fingerprint density at radius 2 is 1.43 bits per heavy atom. The van der Waals surface area contributed by atoms with Gasteiger partial charge in [0, 0.05) is 5.69 Å². The average molecular weight is 389 g/mol. The van der Waals surface area contributed by atoms with Gasteiger partial charge in [0.05, 0.1) is 36.2 Å². The van der Waals surface area contributed by atoms with Crippen LogP contribution in [0.5, 0.6) is 0 Å². The molecule has 0 fully saturated rings. The van der Waals surface area contributed by atoms with Crippen molar-refractivity contribution < 1.29 is 33.8 Å². The number of carboxylic acid groups (broad SMARTS) is 1. The highest BCUT2D eigenvalue weighted by atomic mass is 16.5. The molecule has 0 aromatic heterocycles. The zero-order valence-corrected chi connectivity index (χ0v) is 15.8. The lowest BCUT2D eigenvalue weighted by Gasteiger charge is -2.24. The first kappa shape index (κ1) is 21.1. The van der Waals surface area contributed by atoms with Crippen molar-refractivity contribution >= 4 is 29.5 Å². The van der Waals surface area contributed by atoms with E-state index in [4.69, 9.17) is 9.47 Å². The van der Waals surface area contributed by atoms with Crippen LogP contribution in [0.2, 0.25) is 0 Å². The normalized spacial score (nSPS) is 18.2. The van der Waals surface area contributed by atoms with Crippen molar-refractivity contribution in [2.45, 2.75) is 26.7 Å². The van der Waals surface area contributed by atoms with Gasteiger partial charge in [0.2, 0.25) is 5.91 Å². The molecule has 8 nitrogen and oxygen atoms in total. The highest BCUT2D eigenvalue weighted by molar-refractivity contribution is 6.00. The Hall–Kier alpha value is -3.16. The van der Waals surface area contributed by atoms with Gasteiger partial charge in [0.25, 0.3) is 0 Å². The highest BCUT2D eigenvalue weighted by Crippen LogP contribution is 2.28. The van der Waals surface area contributed by atoms with Gasteiger partial charge in [0.1, 0.15) is 0 Å². The van der Waals surface area contributed by atoms with Gasteiger partial charge in [0.15, 0.2) is 0 Å². The van der Waals surface area contributed by atoms with Crippen molar-refractivity contribution in [3.8, 4) is 0 Å². The molecule has 2 N–H and O–H groups in total. The molecule has 2 rings (SSSR count). The molecule has 1 amide bonds. The summed E-state index contributed by atoms with van der Waals surface area (Å²) in [4.78, 5) is 48.2. The van der Waals surface area contributed by atoms with Gasteiger partial charge in [-0.3, -0.25) is 9.59 Å². The second-order valence-corrected chi connectivity index (χ2v) is 6.22. The van der Waals surface area contributed by atoms with E-state index in [1.807, 2.05) is 0 Å². The lowest BCUT2D eigenvalue weighted by Crippen LogP contribution is -2.34. The van der Waals surface area contributed by atoms with E-state index < -0.39 is 35.7 Å². The average Bonchev–Trinajstić information content (AvgIpc) is 2.68. The number of anilines is 1. The van der Waals surface area contributed by atoms with Crippen LogP contribution in [-0.4, -0.2) is 42.1 Å². The molecule has 8 heteroatoms. The zero-order chi connectivity index (χ0) is 20.7. The molecule has 1 aromatic rings. The van der Waals surface area contributed by atoms with E-state index in [0.29, 0.717) is 6.42 Å². The summed E-state index contributed by atoms with van der Waals surface area (Å²) in [5.41, 5.74) is 0.361. The molecule has 1 aromatic carbocycles. The van der Waals surface area contributed by atoms with E-state index in [0.717, 1.165) is 0 Å². The molecule has 0 saturated carbocycles. The summed E-state index contributed by atoms with van der Waals surface area (Å²) in [5, 5.41) is 12.0. The number of nitrogens with one attached hydrogen (secondary N) is 1. The molecule has 0 saturated heterocycles. The van der Waals surface area contributed by atoms with E-state index in [2.05, 4.69) is 5.32 Å². The van der Waals surface area contributed by atoms with Gasteiger partial charge in [-0.2, -0.15) is 0 Å². The Kier molecular flexibility index (Phi) is 7.31. The van der Waals surface area contributed by atoms with Crippen LogP contribution in [0.4, 0.5) is 5.69 Å². The number of ether oxygens (including phenoxy) is 2. The Morgan fingerprint density at radius 3 is 1.89 bits per heavy atom. The van der Waals surface area contributed by atoms with Crippen LogP contribution >= 0.6 is 0 Å². The van der Waals surface area contributed by atoms with Crippen LogP contribution in [0.3, 0.4) is 0 Å². The van der Waals surface area contributed by atoms with Gasteiger partial charge in [-0.1, -0.05) is 12.2 Å². The summed E-state index contributed by atoms with van der Waals surface area (Å²) in [6, 6.07) is 4.09. The van der Waals surface area contributed by atoms with Crippen molar-refractivity contribution in [3.05, 3.63) is 41.5 Å². The van der Waals surface area contributed by atoms with Crippen LogP contribution in [0, 0.1) is 11.8 Å². The van der Waals surface area contributed by atoms with Gasteiger partial charge >= 0.3 is 17.9 Å². The van der Waals surface area contributed by atoms with E-state index in [-0.39, 0.29) is 36.4 Å². The Bertz CT molecular complexity index is 763. The minimum atomic E-state index is -1.04. The first-order valence-electron chi connectivity index (χ1n) is 9.05. The number of hydrogen-bond acceptors (Lipinski definition) is 6.